The van der Waals surface area contributed by atoms with E-state index < -0.39 is 12.2 Å². The highest BCUT2D eigenvalue weighted by atomic mass is 16.6. The molecular weight excluding hydrogens is 450 g/mol. The first-order chi connectivity index (χ1) is 17.1. The van der Waals surface area contributed by atoms with Gasteiger partial charge in [-0.2, -0.15) is 0 Å². The number of carbonyl (C=O) groups is 1. The lowest BCUT2D eigenvalue weighted by Crippen LogP contribution is -2.51. The maximum absolute atomic E-state index is 12.2. The van der Waals surface area contributed by atoms with E-state index >= 15 is 0 Å². The largest absolute Gasteiger partial charge is 0.446 e. The highest BCUT2D eigenvalue weighted by Gasteiger charge is 2.59. The lowest BCUT2D eigenvalue weighted by atomic mass is 9.47. The van der Waals surface area contributed by atoms with Gasteiger partial charge in [-0.15, -0.1) is 0 Å². The number of nitrogens with one attached hydrogen (secondary N) is 1. The third-order valence-electron chi connectivity index (χ3n) is 11.2. The summed E-state index contributed by atoms with van der Waals surface area (Å²) in [5, 5.41) is 21.0. The monoisotopic (exact) mass is 503 g/mol. The minimum Gasteiger partial charge on any atom is -0.446 e. The molecule has 0 aromatic heterocycles. The van der Waals surface area contributed by atoms with Crippen molar-refractivity contribution in [1.29, 1.82) is 0 Å². The fraction of sp³-hybridized carbons (Fsp3) is 0.903. The molecular formula is C31H53NO4. The van der Waals surface area contributed by atoms with Gasteiger partial charge in [0.15, 0.2) is 0 Å². The van der Waals surface area contributed by atoms with E-state index in [0.29, 0.717) is 5.41 Å². The molecule has 9 atom stereocenters. The maximum atomic E-state index is 12.2. The van der Waals surface area contributed by atoms with Gasteiger partial charge in [-0.3, -0.25) is 0 Å². The lowest BCUT2D eigenvalue weighted by molar-refractivity contribution is -0.0582. The summed E-state index contributed by atoms with van der Waals surface area (Å²) < 4.78 is 5.71. The molecule has 5 heteroatoms. The summed E-state index contributed by atoms with van der Waals surface area (Å²) >= 11 is 0. The Kier molecular flexibility index (Phi) is 8.81. The summed E-state index contributed by atoms with van der Waals surface area (Å²) in [5.74, 6) is 4.99. The number of allylic oxidation sites excluding steroid dienone is 1. The number of ether oxygens (including phenoxy) is 1. The molecule has 0 heterocycles. The zero-order valence-corrected chi connectivity index (χ0v) is 23.6. The highest BCUT2D eigenvalue weighted by Crippen LogP contribution is 2.67. The Morgan fingerprint density at radius 2 is 1.89 bits per heavy atom. The molecule has 36 heavy (non-hydrogen) atoms. The van der Waals surface area contributed by atoms with Crippen molar-refractivity contribution in [2.24, 2.45) is 46.3 Å². The van der Waals surface area contributed by atoms with E-state index in [1.807, 2.05) is 0 Å². The molecule has 0 saturated heterocycles. The summed E-state index contributed by atoms with van der Waals surface area (Å²) in [6.45, 7) is 12.1. The molecule has 3 saturated carbocycles. The van der Waals surface area contributed by atoms with Crippen molar-refractivity contribution in [3.63, 3.8) is 0 Å². The Labute approximate surface area is 219 Å². The van der Waals surface area contributed by atoms with Crippen LogP contribution < -0.4 is 5.32 Å². The number of hydrogen-bond acceptors (Lipinski definition) is 4. The van der Waals surface area contributed by atoms with Crippen LogP contribution in [0.25, 0.3) is 0 Å². The predicted octanol–water partition coefficient (Wildman–Crippen LogP) is 6.48. The van der Waals surface area contributed by atoms with Crippen molar-refractivity contribution >= 4 is 6.09 Å². The second-order valence-electron chi connectivity index (χ2n) is 13.8. The van der Waals surface area contributed by atoms with Gasteiger partial charge in [0.25, 0.3) is 0 Å². The molecule has 0 bridgehead atoms. The Bertz CT molecular complexity index is 795. The minimum absolute atomic E-state index is 0.0176. The summed E-state index contributed by atoms with van der Waals surface area (Å²) in [7, 11) is 0. The molecule has 5 unspecified atom stereocenters. The van der Waals surface area contributed by atoms with E-state index in [0.717, 1.165) is 54.8 Å². The molecule has 4 aliphatic carbocycles. The minimum atomic E-state index is -0.944. The van der Waals surface area contributed by atoms with E-state index in [2.05, 4.69) is 46.0 Å². The lowest BCUT2D eigenvalue weighted by Gasteiger charge is -2.58. The average Bonchev–Trinajstić information content (AvgIpc) is 3.19. The molecule has 4 rings (SSSR count). The van der Waals surface area contributed by atoms with Crippen LogP contribution >= 0.6 is 0 Å². The van der Waals surface area contributed by atoms with Gasteiger partial charge in [0.2, 0.25) is 0 Å². The van der Waals surface area contributed by atoms with E-state index in [1.54, 1.807) is 0 Å². The van der Waals surface area contributed by atoms with Crippen LogP contribution in [-0.2, 0) is 4.74 Å². The van der Waals surface area contributed by atoms with E-state index in [4.69, 9.17) is 9.84 Å². The van der Waals surface area contributed by atoms with Crippen molar-refractivity contribution in [2.45, 2.75) is 117 Å². The number of fused-ring (bicyclic) bond motifs is 5. The Hall–Kier alpha value is -1.07. The molecule has 0 radical (unpaired) electrons. The fourth-order valence-electron chi connectivity index (χ4n) is 9.21. The summed E-state index contributed by atoms with van der Waals surface area (Å²) in [5.41, 5.74) is 2.27. The van der Waals surface area contributed by atoms with E-state index in [1.165, 1.54) is 56.9 Å². The molecule has 3 fully saturated rings. The summed E-state index contributed by atoms with van der Waals surface area (Å²) in [6, 6.07) is 0. The van der Waals surface area contributed by atoms with Gasteiger partial charge in [0.1, 0.15) is 6.10 Å². The molecule has 5 nitrogen and oxygen atoms in total. The second kappa shape index (κ2) is 11.4. The topological polar surface area (TPSA) is 78.8 Å². The van der Waals surface area contributed by atoms with Crippen molar-refractivity contribution in [2.75, 3.05) is 13.2 Å². The quantitative estimate of drug-likeness (QED) is 0.315. The molecule has 1 amide bonds. The zero-order chi connectivity index (χ0) is 26.1. The maximum Gasteiger partial charge on any atom is 0.407 e. The molecule has 0 spiro atoms. The Morgan fingerprint density at radius 3 is 2.61 bits per heavy atom. The SMILES string of the molecule is CC(C)CCC[C@@H](C)[C@H]1CCC2C3CC=C4CC(OC(=O)NCC(O)CO)CC[C@]4(C)C3CC[C@@]21C. The third-order valence-corrected chi connectivity index (χ3v) is 11.2. The molecule has 0 aliphatic heterocycles. The Balaban J connectivity index is 1.38. The van der Waals surface area contributed by atoms with Crippen LogP contribution in [0, 0.1) is 46.3 Å². The van der Waals surface area contributed by atoms with Crippen LogP contribution in [0.4, 0.5) is 4.79 Å². The predicted molar refractivity (Wildman–Crippen MR) is 144 cm³/mol. The van der Waals surface area contributed by atoms with Crippen molar-refractivity contribution in [1.82, 2.24) is 5.32 Å². The first-order valence-electron chi connectivity index (χ1n) is 15.0. The normalized spacial score (nSPS) is 39.4. The fourth-order valence-corrected chi connectivity index (χ4v) is 9.21. The average molecular weight is 504 g/mol. The van der Waals surface area contributed by atoms with Gasteiger partial charge >= 0.3 is 6.09 Å². The first-order valence-corrected chi connectivity index (χ1v) is 15.0. The number of aliphatic hydroxyl groups is 2. The molecule has 3 N–H and O–H groups in total. The van der Waals surface area contributed by atoms with Gasteiger partial charge in [-0.1, -0.05) is 65.5 Å². The zero-order valence-electron chi connectivity index (χ0n) is 23.6. The van der Waals surface area contributed by atoms with Crippen molar-refractivity contribution in [3.8, 4) is 0 Å². The van der Waals surface area contributed by atoms with Gasteiger partial charge in [-0.25, -0.2) is 4.79 Å². The van der Waals surface area contributed by atoms with Crippen LogP contribution in [0.15, 0.2) is 11.6 Å². The number of hydrogen-bond donors (Lipinski definition) is 3. The van der Waals surface area contributed by atoms with Gasteiger partial charge in [0, 0.05) is 13.0 Å². The number of rotatable bonds is 9. The first kappa shape index (κ1) is 28.0. The van der Waals surface area contributed by atoms with Crippen LogP contribution in [0.3, 0.4) is 0 Å². The molecule has 0 aromatic rings. The number of aliphatic hydroxyl groups excluding tert-OH is 2. The van der Waals surface area contributed by atoms with Crippen LogP contribution in [0.1, 0.15) is 105 Å². The third kappa shape index (κ3) is 5.53. The Morgan fingerprint density at radius 1 is 1.11 bits per heavy atom. The van der Waals surface area contributed by atoms with Crippen molar-refractivity contribution < 1.29 is 19.7 Å². The highest BCUT2D eigenvalue weighted by molar-refractivity contribution is 5.67. The standard InChI is InChI=1S/C31H53NO4/c1-20(2)7-6-8-21(3)26-11-12-27-25-10-9-22-17-24(36-29(35)32-18-23(34)19-33)13-15-30(22,4)28(25)14-16-31(26,27)5/h9,20-21,23-28,33-34H,6-8,10-19H2,1-5H3,(H,32,35)/t21-,23?,24?,25?,26-,27?,28?,30+,31-/m1/s1. The number of carbonyl (C=O) groups excluding carboxylic acids is 1. The summed E-state index contributed by atoms with van der Waals surface area (Å²) in [6.07, 6.45) is 14.8. The van der Waals surface area contributed by atoms with Crippen LogP contribution in [0.5, 0.6) is 0 Å². The van der Waals surface area contributed by atoms with Crippen LogP contribution in [-0.4, -0.2) is 41.7 Å². The van der Waals surface area contributed by atoms with E-state index in [-0.39, 0.29) is 24.7 Å². The van der Waals surface area contributed by atoms with Crippen molar-refractivity contribution in [3.05, 3.63) is 11.6 Å². The van der Waals surface area contributed by atoms with Crippen LogP contribution in [0.2, 0.25) is 0 Å². The van der Waals surface area contributed by atoms with E-state index in [9.17, 15) is 9.90 Å². The molecule has 0 aromatic carbocycles. The number of amides is 1. The summed E-state index contributed by atoms with van der Waals surface area (Å²) in [4.78, 5) is 12.2. The van der Waals surface area contributed by atoms with Gasteiger partial charge in [-0.05, 0) is 91.3 Å². The second-order valence-corrected chi connectivity index (χ2v) is 13.8. The molecule has 4 aliphatic rings. The smallest absolute Gasteiger partial charge is 0.407 e. The number of alkyl carbamates (subject to hydrolysis) is 1. The van der Waals surface area contributed by atoms with Gasteiger partial charge in [0.05, 0.1) is 12.7 Å². The van der Waals surface area contributed by atoms with Gasteiger partial charge < -0.3 is 20.3 Å². The molecule has 206 valence electrons.